The Morgan fingerprint density at radius 1 is 0.333 bits per heavy atom. The zero-order valence-corrected chi connectivity index (χ0v) is 38.4. The largest absolute Gasteiger partial charge is 0.256 e. The first-order valence-electron chi connectivity index (χ1n) is 23.6. The Bertz CT molecular complexity index is 3510. The van der Waals surface area contributed by atoms with Crippen molar-refractivity contribution in [1.29, 1.82) is 0 Å². The van der Waals surface area contributed by atoms with Crippen LogP contribution in [-0.4, -0.2) is 20.7 Å². The highest BCUT2D eigenvalue weighted by atomic mass is 14.9. The van der Waals surface area contributed by atoms with E-state index in [0.717, 1.165) is 103 Å². The summed E-state index contributed by atoms with van der Waals surface area (Å²) in [6.45, 7) is 2.25. The zero-order valence-electron chi connectivity index (χ0n) is 38.4. The van der Waals surface area contributed by atoms with E-state index in [2.05, 4.69) is 225 Å². The number of hydrogen-bond acceptors (Lipinski definition) is 4. The highest BCUT2D eigenvalue weighted by molar-refractivity contribution is 6.15. The number of benzene rings is 8. The Morgan fingerprint density at radius 2 is 0.841 bits per heavy atom. The highest BCUT2D eigenvalue weighted by Gasteiger charge is 2.22. The van der Waals surface area contributed by atoms with Crippen LogP contribution in [0.15, 0.2) is 259 Å². The Hall–Kier alpha value is -8.86. The molecule has 328 valence electrons. The molecule has 69 heavy (non-hydrogen) atoms. The number of pyridine rings is 1. The molecule has 8 aromatic carbocycles. The van der Waals surface area contributed by atoms with Gasteiger partial charge in [-0.25, -0.2) is 15.0 Å². The molecular formula is C65H48N4. The van der Waals surface area contributed by atoms with Crippen molar-refractivity contribution in [2.45, 2.75) is 19.8 Å². The van der Waals surface area contributed by atoms with E-state index in [1.165, 1.54) is 22.3 Å². The summed E-state index contributed by atoms with van der Waals surface area (Å²) < 4.78 is 0. The van der Waals surface area contributed by atoms with Crippen molar-refractivity contribution in [3.63, 3.8) is 0 Å². The highest BCUT2D eigenvalue weighted by Crippen LogP contribution is 2.44. The predicted octanol–water partition coefficient (Wildman–Crippen LogP) is 16.6. The molecule has 0 aliphatic carbocycles. The second-order valence-corrected chi connectivity index (χ2v) is 17.4. The quantitative estimate of drug-likeness (QED) is 0.137. The molecule has 0 bridgehead atoms. The Balaban J connectivity index is 1.09. The van der Waals surface area contributed by atoms with Gasteiger partial charge in [-0.2, -0.15) is 0 Å². The number of aliphatic imine (C=N–C) groups is 1. The van der Waals surface area contributed by atoms with Crippen molar-refractivity contribution in [2.24, 2.45) is 4.99 Å². The first-order chi connectivity index (χ1) is 34.1. The minimum absolute atomic E-state index is 0.667. The van der Waals surface area contributed by atoms with Crippen LogP contribution >= 0.6 is 0 Å². The molecule has 0 fully saturated rings. The summed E-state index contributed by atoms with van der Waals surface area (Å²) in [5, 5.41) is 0. The summed E-state index contributed by atoms with van der Waals surface area (Å²) in [5.41, 5.74) is 21.1. The summed E-state index contributed by atoms with van der Waals surface area (Å²) in [7, 11) is 0. The maximum atomic E-state index is 5.66. The van der Waals surface area contributed by atoms with Gasteiger partial charge in [0.15, 0.2) is 5.82 Å². The Morgan fingerprint density at radius 3 is 1.51 bits per heavy atom. The molecule has 1 aliphatic heterocycles. The van der Waals surface area contributed by atoms with E-state index in [1.807, 2.05) is 30.5 Å². The van der Waals surface area contributed by atoms with E-state index in [9.17, 15) is 0 Å². The van der Waals surface area contributed by atoms with Gasteiger partial charge in [-0.05, 0) is 100 Å². The number of hydrogen-bond donors (Lipinski definition) is 0. The zero-order chi connectivity index (χ0) is 46.4. The summed E-state index contributed by atoms with van der Waals surface area (Å²) in [6, 6.07) is 83.0. The maximum Gasteiger partial charge on any atom is 0.160 e. The molecule has 0 radical (unpaired) electrons. The molecule has 4 heteroatoms. The third-order valence-electron chi connectivity index (χ3n) is 12.9. The van der Waals surface area contributed by atoms with Crippen LogP contribution in [-0.2, 0) is 0 Å². The van der Waals surface area contributed by atoms with E-state index in [4.69, 9.17) is 19.9 Å². The van der Waals surface area contributed by atoms with E-state index in [-0.39, 0.29) is 0 Å². The maximum absolute atomic E-state index is 5.66. The number of aromatic nitrogens is 3. The van der Waals surface area contributed by atoms with E-state index < -0.39 is 0 Å². The van der Waals surface area contributed by atoms with Crippen molar-refractivity contribution in [2.75, 3.05) is 0 Å². The third kappa shape index (κ3) is 9.17. The molecule has 0 spiro atoms. The molecule has 3 heterocycles. The Kier molecular flexibility index (Phi) is 12.1. The van der Waals surface area contributed by atoms with E-state index in [1.54, 1.807) is 0 Å². The van der Waals surface area contributed by atoms with Gasteiger partial charge in [-0.1, -0.05) is 212 Å². The van der Waals surface area contributed by atoms with Crippen LogP contribution in [0.25, 0.3) is 89.8 Å². The van der Waals surface area contributed by atoms with Crippen LogP contribution in [0.3, 0.4) is 0 Å². The van der Waals surface area contributed by atoms with Crippen LogP contribution in [0.5, 0.6) is 0 Å². The molecule has 0 amide bonds. The van der Waals surface area contributed by atoms with Crippen LogP contribution in [0.2, 0.25) is 0 Å². The minimum Gasteiger partial charge on any atom is -0.256 e. The molecule has 11 rings (SSSR count). The van der Waals surface area contributed by atoms with Crippen molar-refractivity contribution in [1.82, 2.24) is 15.0 Å². The molecule has 4 nitrogen and oxygen atoms in total. The number of nitrogens with zero attached hydrogens (tertiary/aromatic N) is 4. The minimum atomic E-state index is 0.667. The second-order valence-electron chi connectivity index (χ2n) is 17.4. The monoisotopic (exact) mass is 884 g/mol. The average Bonchev–Trinajstić information content (AvgIpc) is 3.43. The van der Waals surface area contributed by atoms with E-state index in [0.29, 0.717) is 5.82 Å². The molecule has 0 N–H and O–H groups in total. The standard InChI is InChI=1S/C65H48N4/c1-45-33-34-52(47-22-8-3-9-23-47)43-61(49-24-10-4-11-25-49)67-64(45)58-31-17-15-29-55(58)59-42-53(60-32-18-19-41-66-60)39-40-56(59)54-28-14-16-30-57(54)63-44-62(50-26-12-5-13-27-50)68-65(69-63)51-37-35-48(36-38-51)46-20-6-2-7-21-46/h2-32,35-44H,33-34H2,1H3/b52-43+,64-45+,67-61+. The topological polar surface area (TPSA) is 51.0 Å². The third-order valence-corrected chi connectivity index (χ3v) is 12.9. The summed E-state index contributed by atoms with van der Waals surface area (Å²) in [5.74, 6) is 0.667. The molecular weight excluding hydrogens is 837 g/mol. The van der Waals surface area contributed by atoms with Crippen LogP contribution in [0.1, 0.15) is 36.5 Å². The average molecular weight is 885 g/mol. The van der Waals surface area contributed by atoms with Gasteiger partial charge in [0, 0.05) is 39.6 Å². The van der Waals surface area contributed by atoms with Gasteiger partial charge >= 0.3 is 0 Å². The first kappa shape index (κ1) is 42.8. The van der Waals surface area contributed by atoms with E-state index >= 15 is 0 Å². The van der Waals surface area contributed by atoms with Crippen LogP contribution < -0.4 is 0 Å². The number of allylic oxidation sites excluding steroid dienone is 3. The van der Waals surface area contributed by atoms with Crippen molar-refractivity contribution in [3.05, 3.63) is 271 Å². The molecule has 0 unspecified atom stereocenters. The lowest BCUT2D eigenvalue weighted by molar-refractivity contribution is 0.988. The number of rotatable bonds is 10. The van der Waals surface area contributed by atoms with Crippen LogP contribution in [0, 0.1) is 0 Å². The second kappa shape index (κ2) is 19.5. The summed E-state index contributed by atoms with van der Waals surface area (Å²) >= 11 is 0. The molecule has 0 atom stereocenters. The predicted molar refractivity (Wildman–Crippen MR) is 287 cm³/mol. The summed E-state index contributed by atoms with van der Waals surface area (Å²) in [6.07, 6.45) is 5.91. The first-order valence-corrected chi connectivity index (χ1v) is 23.6. The van der Waals surface area contributed by atoms with Gasteiger partial charge in [0.1, 0.15) is 0 Å². The smallest absolute Gasteiger partial charge is 0.160 e. The van der Waals surface area contributed by atoms with Crippen molar-refractivity contribution < 1.29 is 0 Å². The lowest BCUT2D eigenvalue weighted by Crippen LogP contribution is -2.04. The summed E-state index contributed by atoms with van der Waals surface area (Å²) in [4.78, 5) is 21.1. The van der Waals surface area contributed by atoms with Crippen molar-refractivity contribution in [3.8, 4) is 78.5 Å². The fourth-order valence-corrected chi connectivity index (χ4v) is 9.33. The van der Waals surface area contributed by atoms with Gasteiger partial charge in [0.2, 0.25) is 0 Å². The molecule has 0 saturated carbocycles. The van der Waals surface area contributed by atoms with Gasteiger partial charge in [-0.3, -0.25) is 4.98 Å². The fraction of sp³-hybridized carbons (Fsp3) is 0.0462. The van der Waals surface area contributed by atoms with Gasteiger partial charge in [-0.15, -0.1) is 0 Å². The molecule has 1 aliphatic rings. The molecule has 2 aromatic heterocycles. The van der Waals surface area contributed by atoms with Crippen LogP contribution in [0.4, 0.5) is 0 Å². The van der Waals surface area contributed by atoms with Gasteiger partial charge in [0.05, 0.1) is 28.5 Å². The lowest BCUT2D eigenvalue weighted by Gasteiger charge is -2.21. The molecule has 0 saturated heterocycles. The SMILES string of the molecule is C\C1=C(c2ccccc2-c2cc(-c3ccccn3)ccc2-c2ccccc2-c2cc(-c3ccccc3)nc(-c3ccc(-c4ccccc4)cc3)n2)/N=C(c2ccccc2)\C=C(\c2ccccc2)CC1. The normalized spacial score (nSPS) is 15.3. The fourth-order valence-electron chi connectivity index (χ4n) is 9.33. The molecule has 10 aromatic rings. The van der Waals surface area contributed by atoms with Crippen molar-refractivity contribution >= 4 is 17.0 Å². The Labute approximate surface area is 404 Å². The van der Waals surface area contributed by atoms with Gasteiger partial charge in [0.25, 0.3) is 0 Å². The lowest BCUT2D eigenvalue weighted by atomic mass is 9.85. The van der Waals surface area contributed by atoms with Gasteiger partial charge < -0.3 is 0 Å².